The van der Waals surface area contributed by atoms with Crippen LogP contribution in [-0.4, -0.2) is 40.6 Å². The molecular weight excluding hydrogens is 340 g/mol. The summed E-state index contributed by atoms with van der Waals surface area (Å²) >= 11 is 0. The molecule has 0 aliphatic carbocycles. The van der Waals surface area contributed by atoms with Crippen LogP contribution in [-0.2, 0) is 16.6 Å². The Morgan fingerprint density at radius 2 is 1.93 bits per heavy atom. The van der Waals surface area contributed by atoms with Gasteiger partial charge in [0, 0.05) is 31.4 Å². The van der Waals surface area contributed by atoms with Crippen LogP contribution in [0.3, 0.4) is 0 Å². The molecule has 0 spiro atoms. The van der Waals surface area contributed by atoms with Crippen molar-refractivity contribution in [3.8, 4) is 0 Å². The molecule has 0 radical (unpaired) electrons. The van der Waals surface area contributed by atoms with Crippen molar-refractivity contribution in [2.24, 2.45) is 0 Å². The van der Waals surface area contributed by atoms with E-state index in [9.17, 15) is 4.79 Å². The van der Waals surface area contributed by atoms with Gasteiger partial charge in [-0.05, 0) is 11.0 Å². The van der Waals surface area contributed by atoms with E-state index in [4.69, 9.17) is 4.74 Å². The van der Waals surface area contributed by atoms with E-state index >= 15 is 0 Å². The van der Waals surface area contributed by atoms with Crippen LogP contribution in [0.2, 0.25) is 0 Å². The summed E-state index contributed by atoms with van der Waals surface area (Å²) in [6, 6.07) is 11.6. The number of benzene rings is 1. The summed E-state index contributed by atoms with van der Waals surface area (Å²) in [4.78, 5) is 17.3. The fourth-order valence-corrected chi connectivity index (χ4v) is 2.89. The molecule has 3 aromatic rings. The Morgan fingerprint density at radius 1 is 1.19 bits per heavy atom. The van der Waals surface area contributed by atoms with E-state index in [1.807, 2.05) is 36.4 Å². The quantitative estimate of drug-likeness (QED) is 0.512. The number of ether oxygens (including phenoxy) is 1. The normalized spacial score (nSPS) is 11.7. The minimum absolute atomic E-state index is 0.0506. The van der Waals surface area contributed by atoms with Crippen LogP contribution in [0.5, 0.6) is 0 Å². The van der Waals surface area contributed by atoms with Gasteiger partial charge in [0.25, 0.3) is 0 Å². The van der Waals surface area contributed by atoms with Crippen molar-refractivity contribution in [1.82, 2.24) is 14.6 Å². The van der Waals surface area contributed by atoms with Gasteiger partial charge in [0.15, 0.2) is 11.4 Å². The van der Waals surface area contributed by atoms with Crippen molar-refractivity contribution in [2.75, 3.05) is 25.6 Å². The second-order valence-corrected chi connectivity index (χ2v) is 7.58. The summed E-state index contributed by atoms with van der Waals surface area (Å²) in [5.74, 6) is 0.850. The molecule has 142 valence electrons. The summed E-state index contributed by atoms with van der Waals surface area (Å²) in [6.45, 7) is 7.71. The second kappa shape index (κ2) is 7.88. The molecular formula is C21H26N4O2. The molecule has 2 heterocycles. The summed E-state index contributed by atoms with van der Waals surface area (Å²) in [5.41, 5.74) is 3.41. The zero-order chi connectivity index (χ0) is 19.4. The van der Waals surface area contributed by atoms with E-state index in [2.05, 4.69) is 36.2 Å². The molecule has 0 atom stereocenters. The number of hydrogen-bond donors (Lipinski definition) is 1. The predicted molar refractivity (Wildman–Crippen MR) is 107 cm³/mol. The van der Waals surface area contributed by atoms with Gasteiger partial charge in [-0.3, -0.25) is 4.79 Å². The maximum atomic E-state index is 12.7. The summed E-state index contributed by atoms with van der Waals surface area (Å²) in [7, 11) is 1.66. The van der Waals surface area contributed by atoms with Crippen LogP contribution in [0.4, 0.5) is 5.82 Å². The topological polar surface area (TPSA) is 68.5 Å². The van der Waals surface area contributed by atoms with Gasteiger partial charge in [-0.2, -0.15) is 9.61 Å². The molecule has 0 unspecified atom stereocenters. The molecule has 0 amide bonds. The van der Waals surface area contributed by atoms with Gasteiger partial charge >= 0.3 is 0 Å². The van der Waals surface area contributed by atoms with E-state index in [1.54, 1.807) is 17.8 Å². The number of carbonyl (C=O) groups is 1. The fourth-order valence-electron chi connectivity index (χ4n) is 2.89. The van der Waals surface area contributed by atoms with Crippen molar-refractivity contribution in [1.29, 1.82) is 0 Å². The summed E-state index contributed by atoms with van der Waals surface area (Å²) in [6.07, 6.45) is 1.94. The summed E-state index contributed by atoms with van der Waals surface area (Å²) < 4.78 is 6.81. The minimum atomic E-state index is 0.0506. The maximum Gasteiger partial charge on any atom is 0.168 e. The highest BCUT2D eigenvalue weighted by Gasteiger charge is 2.15. The number of rotatable bonds is 7. The number of anilines is 1. The Bertz CT molecular complexity index is 923. The van der Waals surface area contributed by atoms with E-state index in [0.29, 0.717) is 30.1 Å². The van der Waals surface area contributed by atoms with Crippen LogP contribution < -0.4 is 5.32 Å². The zero-order valence-corrected chi connectivity index (χ0v) is 16.3. The molecule has 1 aromatic carbocycles. The first-order chi connectivity index (χ1) is 12.9. The van der Waals surface area contributed by atoms with Crippen molar-refractivity contribution in [2.45, 2.75) is 32.6 Å². The minimum Gasteiger partial charge on any atom is -0.383 e. The Labute approximate surface area is 159 Å². The highest BCUT2D eigenvalue weighted by molar-refractivity contribution is 5.97. The molecule has 6 heteroatoms. The molecule has 6 nitrogen and oxygen atoms in total. The lowest BCUT2D eigenvalue weighted by Gasteiger charge is -2.19. The van der Waals surface area contributed by atoms with Gasteiger partial charge in [0.2, 0.25) is 0 Å². The largest absolute Gasteiger partial charge is 0.383 e. The van der Waals surface area contributed by atoms with Crippen molar-refractivity contribution in [3.63, 3.8) is 0 Å². The first-order valence-electron chi connectivity index (χ1n) is 9.09. The first kappa shape index (κ1) is 19.0. The highest BCUT2D eigenvalue weighted by Crippen LogP contribution is 2.22. The monoisotopic (exact) mass is 366 g/mol. The zero-order valence-electron chi connectivity index (χ0n) is 16.3. The second-order valence-electron chi connectivity index (χ2n) is 7.58. The number of nitrogens with one attached hydrogen (secondary N) is 1. The fraction of sp³-hybridized carbons (Fsp3) is 0.381. The lowest BCUT2D eigenvalue weighted by atomic mass is 9.86. The van der Waals surface area contributed by atoms with Crippen LogP contribution in [0.15, 0.2) is 42.6 Å². The average Bonchev–Trinajstić information content (AvgIpc) is 3.10. The Hall–Kier alpha value is -2.73. The van der Waals surface area contributed by atoms with Crippen LogP contribution in [0, 0.1) is 0 Å². The molecule has 0 fully saturated rings. The Morgan fingerprint density at radius 3 is 2.59 bits per heavy atom. The van der Waals surface area contributed by atoms with Crippen LogP contribution >= 0.6 is 0 Å². The van der Waals surface area contributed by atoms with Crippen molar-refractivity contribution in [3.05, 3.63) is 59.4 Å². The van der Waals surface area contributed by atoms with Gasteiger partial charge in [-0.1, -0.05) is 45.0 Å². The lowest BCUT2D eigenvalue weighted by molar-refractivity contribution is 0.0992. The molecule has 3 rings (SSSR count). The van der Waals surface area contributed by atoms with Crippen molar-refractivity contribution >= 4 is 17.2 Å². The van der Waals surface area contributed by atoms with E-state index in [1.165, 1.54) is 5.56 Å². The van der Waals surface area contributed by atoms with Gasteiger partial charge < -0.3 is 10.1 Å². The molecule has 0 saturated carbocycles. The number of methoxy groups -OCH3 is 1. The number of Topliss-reactive ketones (excluding diaryl/α,β-unsaturated/α-hetero) is 1. The third-order valence-electron chi connectivity index (χ3n) is 4.44. The highest BCUT2D eigenvalue weighted by atomic mass is 16.5. The first-order valence-corrected chi connectivity index (χ1v) is 9.09. The van der Waals surface area contributed by atoms with Gasteiger partial charge in [0.1, 0.15) is 5.82 Å². The predicted octanol–water partition coefficient (Wildman–Crippen LogP) is 3.51. The number of nitrogens with zero attached hydrogens (tertiary/aromatic N) is 3. The third kappa shape index (κ3) is 4.52. The lowest BCUT2D eigenvalue weighted by Crippen LogP contribution is -2.14. The van der Waals surface area contributed by atoms with Crippen LogP contribution in [0.25, 0.3) is 5.65 Å². The van der Waals surface area contributed by atoms with E-state index < -0.39 is 0 Å². The molecule has 0 aliphatic heterocycles. The number of ketones is 1. The Balaban J connectivity index is 1.80. The third-order valence-corrected chi connectivity index (χ3v) is 4.44. The van der Waals surface area contributed by atoms with Gasteiger partial charge in [-0.15, -0.1) is 0 Å². The number of aromatic nitrogens is 3. The SMILES string of the molecule is COCCNc1cc(CC(=O)c2ccc(C(C)(C)C)cc2)nc2ccnn12. The molecule has 0 saturated heterocycles. The van der Waals surface area contributed by atoms with Crippen LogP contribution in [0.1, 0.15) is 42.4 Å². The van der Waals surface area contributed by atoms with Gasteiger partial charge in [-0.25, -0.2) is 4.98 Å². The van der Waals surface area contributed by atoms with E-state index in [-0.39, 0.29) is 17.6 Å². The molecule has 1 N–H and O–H groups in total. The smallest absolute Gasteiger partial charge is 0.168 e. The van der Waals surface area contributed by atoms with Crippen molar-refractivity contribution < 1.29 is 9.53 Å². The summed E-state index contributed by atoms with van der Waals surface area (Å²) in [5, 5.41) is 7.55. The Kier molecular flexibility index (Phi) is 5.56. The number of carbonyl (C=O) groups excluding carboxylic acids is 1. The number of fused-ring (bicyclic) bond motifs is 1. The van der Waals surface area contributed by atoms with Gasteiger partial charge in [0.05, 0.1) is 24.9 Å². The van der Waals surface area contributed by atoms with E-state index in [0.717, 1.165) is 5.82 Å². The molecule has 0 bridgehead atoms. The molecule has 27 heavy (non-hydrogen) atoms. The standard InChI is InChI=1S/C21H26N4O2/c1-21(2,3)16-7-5-15(6-8-16)18(26)13-17-14-20(22-11-12-27-4)25-19(24-17)9-10-23-25/h5-10,14,22H,11-13H2,1-4H3. The molecule has 2 aromatic heterocycles. The maximum absolute atomic E-state index is 12.7. The number of hydrogen-bond acceptors (Lipinski definition) is 5. The molecule has 0 aliphatic rings. The average molecular weight is 366 g/mol.